The van der Waals surface area contributed by atoms with Crippen LogP contribution in [0.1, 0.15) is 95.5 Å². The van der Waals surface area contributed by atoms with E-state index in [1.165, 1.54) is 20.8 Å². The van der Waals surface area contributed by atoms with Gasteiger partial charge in [0.1, 0.15) is 0 Å². The van der Waals surface area contributed by atoms with Crippen molar-refractivity contribution >= 4 is 128 Å². The van der Waals surface area contributed by atoms with Crippen LogP contribution in [0.5, 0.6) is 0 Å². The van der Waals surface area contributed by atoms with Gasteiger partial charge < -0.3 is 15.3 Å². The fourth-order valence-electron chi connectivity index (χ4n) is 4.28. The van der Waals surface area contributed by atoms with Crippen LogP contribution in [-0.4, -0.2) is 49.0 Å². The zero-order valence-electron chi connectivity index (χ0n) is 22.3. The monoisotopic (exact) mass is 764 g/mol. The molecule has 232 valence electrons. The van der Waals surface area contributed by atoms with Gasteiger partial charge in [-0.05, 0) is 110 Å². The summed E-state index contributed by atoms with van der Waals surface area (Å²) in [6, 6.07) is 0. The molecule has 0 saturated heterocycles. The number of carboxylic acid groups (broad SMARTS) is 3. The van der Waals surface area contributed by atoms with Crippen LogP contribution >= 0.6 is 94.4 Å². The van der Waals surface area contributed by atoms with Crippen LogP contribution in [0.25, 0.3) is 0 Å². The molecule has 0 aliphatic heterocycles. The molecule has 0 aromatic heterocycles. The van der Waals surface area contributed by atoms with E-state index in [1.807, 2.05) is 0 Å². The van der Waals surface area contributed by atoms with Crippen LogP contribution in [0.2, 0.25) is 0 Å². The summed E-state index contributed by atoms with van der Waals surface area (Å²) in [6.07, 6.45) is 0. The number of halogens is 8. The molecule has 0 saturated carbocycles. The van der Waals surface area contributed by atoms with Gasteiger partial charge in [-0.2, -0.15) is 0 Å². The van der Waals surface area contributed by atoms with Crippen LogP contribution < -0.4 is 0 Å². The SMILES string of the molecule is Cc1c(C(=O)Cl)c(C)c(C(=O)Cl)c(C)c1C(=O)Cl.Cc1c(C(=O)O)c(C)c(C(=O)O)c(C)c1C(=O)O.ClP(Cl)(Cl)(Cl)Cl. The van der Waals surface area contributed by atoms with Crippen LogP contribution in [0.3, 0.4) is 0 Å². The van der Waals surface area contributed by atoms with Gasteiger partial charge in [0.25, 0.3) is 15.7 Å². The van der Waals surface area contributed by atoms with Crippen molar-refractivity contribution in [3.05, 3.63) is 66.8 Å². The average molecular weight is 768 g/mol. The van der Waals surface area contributed by atoms with E-state index in [9.17, 15) is 28.8 Å². The van der Waals surface area contributed by atoms with Gasteiger partial charge in [0.05, 0.1) is 16.7 Å². The Hall–Kier alpha value is -1.39. The van der Waals surface area contributed by atoms with Crippen molar-refractivity contribution in [1.82, 2.24) is 0 Å². The van der Waals surface area contributed by atoms with E-state index in [0.29, 0.717) is 16.7 Å². The van der Waals surface area contributed by atoms with Gasteiger partial charge in [-0.25, -0.2) is 14.4 Å². The second-order valence-electron chi connectivity index (χ2n) is 8.38. The van der Waals surface area contributed by atoms with Gasteiger partial charge in [-0.3, -0.25) is 14.4 Å². The number of hydrogen-bond donors (Lipinski definition) is 3. The third kappa shape index (κ3) is 11.0. The number of carbonyl (C=O) groups excluding carboxylic acids is 3. The molecule has 0 aliphatic rings. The summed E-state index contributed by atoms with van der Waals surface area (Å²) in [4.78, 5) is 67.6. The first kappa shape index (κ1) is 40.6. The molecule has 18 heteroatoms. The second-order valence-corrected chi connectivity index (χ2v) is 26.0. The van der Waals surface area contributed by atoms with E-state index < -0.39 is 37.0 Å². The van der Waals surface area contributed by atoms with Crippen LogP contribution in [-0.2, 0) is 0 Å². The Morgan fingerprint density at radius 3 is 0.619 bits per heavy atom. The number of rotatable bonds is 6. The number of benzene rings is 2. The van der Waals surface area contributed by atoms with Gasteiger partial charge in [0, 0.05) is 16.7 Å². The summed E-state index contributed by atoms with van der Waals surface area (Å²) in [5, 5.41) is 24.9. The molecule has 0 unspecified atom stereocenters. The van der Waals surface area contributed by atoms with E-state index in [1.54, 1.807) is 20.8 Å². The molecule has 9 nitrogen and oxygen atoms in total. The fraction of sp³-hybridized carbons (Fsp3) is 0.250. The Kier molecular flexibility index (Phi) is 14.6. The van der Waals surface area contributed by atoms with E-state index in [0.717, 1.165) is 0 Å². The summed E-state index contributed by atoms with van der Waals surface area (Å²) >= 11 is 41.3. The first-order valence-electron chi connectivity index (χ1n) is 10.8. The zero-order chi connectivity index (χ0) is 33.8. The molecule has 2 aromatic carbocycles. The van der Waals surface area contributed by atoms with E-state index in [-0.39, 0.29) is 50.1 Å². The molecule has 0 spiro atoms. The summed E-state index contributed by atoms with van der Waals surface area (Å²) in [5.41, 5.74) is 0.729. The third-order valence-corrected chi connectivity index (χ3v) is 6.30. The molecule has 0 aliphatic carbocycles. The quantitative estimate of drug-likeness (QED) is 0.192. The van der Waals surface area contributed by atoms with Crippen LogP contribution in [0.4, 0.5) is 0 Å². The van der Waals surface area contributed by atoms with Crippen molar-refractivity contribution in [2.24, 2.45) is 0 Å². The zero-order valence-corrected chi connectivity index (χ0v) is 29.2. The van der Waals surface area contributed by atoms with Crippen molar-refractivity contribution in [3.63, 3.8) is 0 Å². The Morgan fingerprint density at radius 1 is 0.405 bits per heavy atom. The third-order valence-electron chi connectivity index (χ3n) is 5.73. The molecule has 0 atom stereocenters. The number of hydrogen-bond acceptors (Lipinski definition) is 6. The molecule has 0 bridgehead atoms. The number of carbonyl (C=O) groups is 6. The normalized spacial score (nSPS) is 11.5. The average Bonchev–Trinajstić information content (AvgIpc) is 2.70. The maximum atomic E-state index is 11.4. The van der Waals surface area contributed by atoms with Crippen LogP contribution in [0.15, 0.2) is 0 Å². The van der Waals surface area contributed by atoms with Crippen molar-refractivity contribution in [1.29, 1.82) is 0 Å². The van der Waals surface area contributed by atoms with Crippen molar-refractivity contribution in [2.45, 2.75) is 41.5 Å². The molecule has 2 rings (SSSR count). The maximum absolute atomic E-state index is 11.4. The second kappa shape index (κ2) is 15.1. The van der Waals surface area contributed by atoms with Crippen molar-refractivity contribution in [3.8, 4) is 0 Å². The topological polar surface area (TPSA) is 163 Å². The van der Waals surface area contributed by atoms with Gasteiger partial charge in [0.2, 0.25) is 0 Å². The van der Waals surface area contributed by atoms with Gasteiger partial charge >= 0.3 is 77.5 Å². The Morgan fingerprint density at radius 2 is 0.524 bits per heavy atom. The summed E-state index contributed by atoms with van der Waals surface area (Å²) in [5.74, 6) is -4.01. The first-order chi connectivity index (χ1) is 18.6. The Labute approximate surface area is 278 Å². The molecule has 42 heavy (non-hydrogen) atoms. The molecule has 2 aromatic rings. The summed E-state index contributed by atoms with van der Waals surface area (Å²) in [6.45, 7) is 8.73. The van der Waals surface area contributed by atoms with Gasteiger partial charge in [-0.15, -0.1) is 0 Å². The molecule has 3 N–H and O–H groups in total. The molecule has 0 heterocycles. The summed E-state index contributed by atoms with van der Waals surface area (Å²) < 4.78 is -3.69. The first-order valence-corrected chi connectivity index (χ1v) is 18.7. The Bertz CT molecular complexity index is 1200. The molecular weight excluding hydrogens is 747 g/mol. The molecule has 0 fully saturated rings. The van der Waals surface area contributed by atoms with Crippen molar-refractivity contribution < 1.29 is 44.1 Å². The minimum atomic E-state index is -3.69. The molecular formula is C24H21Cl8O9P. The van der Waals surface area contributed by atoms with Crippen molar-refractivity contribution in [2.75, 3.05) is 0 Å². The van der Waals surface area contributed by atoms with Crippen LogP contribution in [0, 0.1) is 41.5 Å². The van der Waals surface area contributed by atoms with Gasteiger partial charge in [-0.1, -0.05) is 0 Å². The molecule has 0 amide bonds. The Balaban J connectivity index is 0.000000672. The minimum absolute atomic E-state index is 0.0648. The van der Waals surface area contributed by atoms with E-state index in [2.05, 4.69) is 0 Å². The standard InChI is InChI=1S/C12H9Cl3O3.C12H12O6.Cl5P/c1-4-7(10(13)16)5(2)9(12(15)18)6(3)8(4)11(14)17;1-4-7(10(13)14)5(2)9(12(17)18)6(3)8(4)11(15)16;1-6(2,3,4)5/h1-3H3;1-3H3,(H,13,14)(H,15,16)(H,17,18);. The number of aromatic carboxylic acids is 3. The van der Waals surface area contributed by atoms with Gasteiger partial charge in [0.15, 0.2) is 0 Å². The van der Waals surface area contributed by atoms with E-state index >= 15 is 0 Å². The van der Waals surface area contributed by atoms with E-state index in [4.69, 9.17) is 106 Å². The number of carboxylic acids is 3. The predicted octanol–water partition coefficient (Wildman–Crippen LogP) is 9.76. The molecule has 0 radical (unpaired) electrons. The fourth-order valence-corrected chi connectivity index (χ4v) is 5.13. The summed E-state index contributed by atoms with van der Waals surface area (Å²) in [7, 11) is 0. The predicted molar refractivity (Wildman–Crippen MR) is 169 cm³/mol.